The highest BCUT2D eigenvalue weighted by atomic mass is 16.5. The van der Waals surface area contributed by atoms with Crippen molar-refractivity contribution in [2.75, 3.05) is 19.7 Å². The quantitative estimate of drug-likeness (QED) is 0.707. The lowest BCUT2D eigenvalue weighted by molar-refractivity contribution is -0.151. The zero-order chi connectivity index (χ0) is 14.9. The fourth-order valence-corrected chi connectivity index (χ4v) is 3.96. The second-order valence-corrected chi connectivity index (χ2v) is 7.49. The van der Waals surface area contributed by atoms with Gasteiger partial charge in [0.25, 0.3) is 0 Å². The predicted molar refractivity (Wildman–Crippen MR) is 80.8 cm³/mol. The third-order valence-electron chi connectivity index (χ3n) is 5.80. The number of esters is 1. The van der Waals surface area contributed by atoms with Crippen LogP contribution in [0.1, 0.15) is 58.3 Å². The molecule has 120 valence electrons. The van der Waals surface area contributed by atoms with E-state index in [1.165, 1.54) is 25.7 Å². The molecule has 0 spiro atoms. The van der Waals surface area contributed by atoms with Crippen LogP contribution in [0.4, 0.5) is 0 Å². The van der Waals surface area contributed by atoms with Gasteiger partial charge in [0, 0.05) is 13.1 Å². The first-order valence-electron chi connectivity index (χ1n) is 8.67. The zero-order valence-corrected chi connectivity index (χ0v) is 13.2. The lowest BCUT2D eigenvalue weighted by Crippen LogP contribution is -2.46. The highest BCUT2D eigenvalue weighted by Crippen LogP contribution is 2.60. The Labute approximate surface area is 127 Å². The summed E-state index contributed by atoms with van der Waals surface area (Å²) in [6.07, 6.45) is 8.48. The Balaban J connectivity index is 1.39. The summed E-state index contributed by atoms with van der Waals surface area (Å²) in [5, 5.41) is 14.2. The van der Waals surface area contributed by atoms with Crippen LogP contribution in [0.3, 0.4) is 0 Å². The van der Waals surface area contributed by atoms with Gasteiger partial charge in [-0.15, -0.1) is 0 Å². The van der Waals surface area contributed by atoms with E-state index < -0.39 is 5.60 Å². The van der Waals surface area contributed by atoms with Gasteiger partial charge < -0.3 is 15.2 Å². The largest absolute Gasteiger partial charge is 0.466 e. The minimum Gasteiger partial charge on any atom is -0.466 e. The molecule has 0 aromatic carbocycles. The third-order valence-corrected chi connectivity index (χ3v) is 5.80. The lowest BCUT2D eigenvalue weighted by atomic mass is 9.78. The average Bonchev–Trinajstić information content (AvgIpc) is 3.33. The maximum atomic E-state index is 11.7. The van der Waals surface area contributed by atoms with E-state index in [4.69, 9.17) is 4.74 Å². The summed E-state index contributed by atoms with van der Waals surface area (Å²) < 4.78 is 5.08. The molecule has 3 aliphatic rings. The summed E-state index contributed by atoms with van der Waals surface area (Å²) in [4.78, 5) is 11.7. The molecule has 2 N–H and O–H groups in total. The van der Waals surface area contributed by atoms with Crippen LogP contribution in [-0.4, -0.2) is 36.4 Å². The van der Waals surface area contributed by atoms with Gasteiger partial charge in [0.2, 0.25) is 0 Å². The molecular weight excluding hydrogens is 266 g/mol. The number of carbonyl (C=O) groups is 1. The second-order valence-electron chi connectivity index (χ2n) is 7.49. The summed E-state index contributed by atoms with van der Waals surface area (Å²) in [6.45, 7) is 4.04. The SMILES string of the molecule is CCOC(=O)C1CCC(O)(CNCC2(C3CC3)CC2)CC1. The fourth-order valence-electron chi connectivity index (χ4n) is 3.96. The number of nitrogens with one attached hydrogen (secondary N) is 1. The van der Waals surface area contributed by atoms with Gasteiger partial charge in [0.1, 0.15) is 0 Å². The van der Waals surface area contributed by atoms with Crippen LogP contribution < -0.4 is 5.32 Å². The maximum Gasteiger partial charge on any atom is 0.308 e. The maximum absolute atomic E-state index is 11.7. The van der Waals surface area contributed by atoms with E-state index in [1.807, 2.05) is 6.92 Å². The van der Waals surface area contributed by atoms with E-state index in [9.17, 15) is 9.90 Å². The Hall–Kier alpha value is -0.610. The van der Waals surface area contributed by atoms with Gasteiger partial charge in [-0.2, -0.15) is 0 Å². The summed E-state index contributed by atoms with van der Waals surface area (Å²) in [6, 6.07) is 0. The molecule has 3 rings (SSSR count). The topological polar surface area (TPSA) is 58.6 Å². The van der Waals surface area contributed by atoms with Gasteiger partial charge in [-0.25, -0.2) is 0 Å². The molecule has 0 unspecified atom stereocenters. The molecule has 0 aromatic heterocycles. The number of hydrogen-bond donors (Lipinski definition) is 2. The van der Waals surface area contributed by atoms with Crippen LogP contribution in [-0.2, 0) is 9.53 Å². The molecule has 0 aliphatic heterocycles. The minimum absolute atomic E-state index is 0.00790. The number of rotatable bonds is 7. The van der Waals surface area contributed by atoms with E-state index in [2.05, 4.69) is 5.32 Å². The van der Waals surface area contributed by atoms with Crippen LogP contribution in [0.15, 0.2) is 0 Å². The Morgan fingerprint density at radius 1 is 1.14 bits per heavy atom. The first kappa shape index (κ1) is 15.3. The van der Waals surface area contributed by atoms with Crippen molar-refractivity contribution in [1.29, 1.82) is 0 Å². The monoisotopic (exact) mass is 295 g/mol. The summed E-state index contributed by atoms with van der Waals surface area (Å²) in [5.41, 5.74) is -0.0406. The second kappa shape index (κ2) is 5.88. The Morgan fingerprint density at radius 2 is 1.81 bits per heavy atom. The van der Waals surface area contributed by atoms with Gasteiger partial charge in [-0.05, 0) is 69.6 Å². The number of aliphatic hydroxyl groups is 1. The minimum atomic E-state index is -0.622. The summed E-state index contributed by atoms with van der Waals surface area (Å²) in [7, 11) is 0. The Kier molecular flexibility index (Phi) is 4.28. The van der Waals surface area contributed by atoms with Crippen molar-refractivity contribution in [2.45, 2.75) is 63.9 Å². The molecule has 4 heteroatoms. The van der Waals surface area contributed by atoms with Crippen molar-refractivity contribution in [3.8, 4) is 0 Å². The molecule has 21 heavy (non-hydrogen) atoms. The fraction of sp³-hybridized carbons (Fsp3) is 0.941. The zero-order valence-electron chi connectivity index (χ0n) is 13.2. The predicted octanol–water partition coefficient (Wildman–Crippen LogP) is 2.25. The molecule has 0 heterocycles. The third kappa shape index (κ3) is 3.59. The van der Waals surface area contributed by atoms with Crippen LogP contribution in [0, 0.1) is 17.3 Å². The van der Waals surface area contributed by atoms with Gasteiger partial charge in [-0.1, -0.05) is 0 Å². The summed E-state index contributed by atoms with van der Waals surface area (Å²) >= 11 is 0. The van der Waals surface area contributed by atoms with Gasteiger partial charge >= 0.3 is 5.97 Å². The molecule has 0 radical (unpaired) electrons. The Morgan fingerprint density at radius 3 is 2.33 bits per heavy atom. The van der Waals surface area contributed by atoms with E-state index >= 15 is 0 Å². The molecule has 3 saturated carbocycles. The van der Waals surface area contributed by atoms with E-state index in [-0.39, 0.29) is 11.9 Å². The molecule has 0 aromatic rings. The molecule has 3 aliphatic carbocycles. The number of ether oxygens (including phenoxy) is 1. The molecule has 4 nitrogen and oxygen atoms in total. The van der Waals surface area contributed by atoms with E-state index in [0.29, 0.717) is 31.4 Å². The van der Waals surface area contributed by atoms with Crippen LogP contribution in [0.2, 0.25) is 0 Å². The van der Waals surface area contributed by atoms with E-state index in [0.717, 1.165) is 25.3 Å². The Bertz CT molecular complexity index is 379. The number of hydrogen-bond acceptors (Lipinski definition) is 4. The average molecular weight is 295 g/mol. The van der Waals surface area contributed by atoms with Crippen LogP contribution in [0.25, 0.3) is 0 Å². The van der Waals surface area contributed by atoms with Crippen molar-refractivity contribution in [2.24, 2.45) is 17.3 Å². The first-order chi connectivity index (χ1) is 10.1. The van der Waals surface area contributed by atoms with Crippen molar-refractivity contribution >= 4 is 5.97 Å². The first-order valence-corrected chi connectivity index (χ1v) is 8.67. The molecular formula is C17H29NO3. The molecule has 0 atom stereocenters. The van der Waals surface area contributed by atoms with Crippen molar-refractivity contribution < 1.29 is 14.6 Å². The van der Waals surface area contributed by atoms with Crippen molar-refractivity contribution in [1.82, 2.24) is 5.32 Å². The van der Waals surface area contributed by atoms with Crippen molar-refractivity contribution in [3.05, 3.63) is 0 Å². The molecule has 0 amide bonds. The smallest absolute Gasteiger partial charge is 0.308 e. The standard InChI is InChI=1S/C17H29NO3/c1-2-21-15(19)13-5-7-17(20,8-6-13)12-18-11-16(9-10-16)14-3-4-14/h13-14,18,20H,2-12H2,1H3. The molecule has 3 fully saturated rings. The van der Waals surface area contributed by atoms with Crippen LogP contribution in [0.5, 0.6) is 0 Å². The van der Waals surface area contributed by atoms with E-state index in [1.54, 1.807) is 0 Å². The highest BCUT2D eigenvalue weighted by Gasteiger charge is 2.53. The van der Waals surface area contributed by atoms with Crippen molar-refractivity contribution in [3.63, 3.8) is 0 Å². The highest BCUT2D eigenvalue weighted by molar-refractivity contribution is 5.72. The van der Waals surface area contributed by atoms with Gasteiger partial charge in [0.15, 0.2) is 0 Å². The normalized spacial score (nSPS) is 34.5. The molecule has 0 bridgehead atoms. The van der Waals surface area contributed by atoms with Crippen LogP contribution >= 0.6 is 0 Å². The summed E-state index contributed by atoms with van der Waals surface area (Å²) in [5.74, 6) is 0.865. The lowest BCUT2D eigenvalue weighted by Gasteiger charge is -2.35. The van der Waals surface area contributed by atoms with Gasteiger partial charge in [-0.3, -0.25) is 4.79 Å². The number of carbonyl (C=O) groups excluding carboxylic acids is 1. The van der Waals surface area contributed by atoms with Gasteiger partial charge in [0.05, 0.1) is 18.1 Å². The molecule has 0 saturated heterocycles.